The fourth-order valence-corrected chi connectivity index (χ4v) is 2.24. The molecule has 0 atom stereocenters. The lowest BCUT2D eigenvalue weighted by Crippen LogP contribution is -2.40. The Labute approximate surface area is 99.4 Å². The molecule has 0 aromatic carbocycles. The lowest BCUT2D eigenvalue weighted by atomic mass is 9.94. The zero-order valence-corrected chi connectivity index (χ0v) is 9.58. The quantitative estimate of drug-likeness (QED) is 0.788. The number of nitrogens with two attached hydrogens (primary N) is 1. The molecule has 2 rings (SSSR count). The molecule has 0 unspecified atom stereocenters. The van der Waals surface area contributed by atoms with Gasteiger partial charge < -0.3 is 11.1 Å². The minimum absolute atomic E-state index is 0.201. The van der Waals surface area contributed by atoms with Crippen molar-refractivity contribution in [2.75, 3.05) is 5.32 Å². The van der Waals surface area contributed by atoms with Crippen molar-refractivity contribution >= 4 is 11.7 Å². The summed E-state index contributed by atoms with van der Waals surface area (Å²) in [6.07, 6.45) is 4.16. The molecule has 1 heterocycles. The van der Waals surface area contributed by atoms with Gasteiger partial charge in [-0.05, 0) is 25.0 Å². The molecule has 92 valence electrons. The largest absolute Gasteiger partial charge is 0.325 e. The number of carbonyl (C=O) groups excluding carboxylic acids is 1. The van der Waals surface area contributed by atoms with E-state index in [0.29, 0.717) is 0 Å². The Morgan fingerprint density at radius 2 is 2.18 bits per heavy atom. The van der Waals surface area contributed by atoms with Crippen LogP contribution in [-0.4, -0.2) is 16.4 Å². The van der Waals surface area contributed by atoms with Crippen molar-refractivity contribution in [2.24, 2.45) is 5.73 Å². The van der Waals surface area contributed by atoms with Gasteiger partial charge in [0.2, 0.25) is 11.9 Å². The number of anilines is 1. The number of pyridine rings is 1. The molecule has 5 heteroatoms. The third-order valence-corrected chi connectivity index (χ3v) is 3.09. The molecule has 0 bridgehead atoms. The highest BCUT2D eigenvalue weighted by Gasteiger charge is 2.31. The minimum Gasteiger partial charge on any atom is -0.325 e. The van der Waals surface area contributed by atoms with Crippen molar-refractivity contribution in [3.8, 4) is 0 Å². The van der Waals surface area contributed by atoms with Crippen LogP contribution < -0.4 is 11.1 Å². The first-order valence-electron chi connectivity index (χ1n) is 5.79. The predicted octanol–water partition coefficient (Wildman–Crippen LogP) is 1.82. The molecule has 1 aliphatic carbocycles. The number of aromatic nitrogens is 1. The van der Waals surface area contributed by atoms with E-state index < -0.39 is 11.5 Å². The normalized spacial score (nSPS) is 18.0. The number of nitrogens with one attached hydrogen (secondary N) is 1. The van der Waals surface area contributed by atoms with Gasteiger partial charge in [0.05, 0.1) is 0 Å². The Morgan fingerprint density at radius 3 is 2.82 bits per heavy atom. The first kappa shape index (κ1) is 12.0. The van der Waals surface area contributed by atoms with Gasteiger partial charge in [0, 0.05) is 12.0 Å². The Balaban J connectivity index is 1.93. The van der Waals surface area contributed by atoms with Crippen LogP contribution in [0.4, 0.5) is 10.2 Å². The number of rotatable bonds is 3. The van der Waals surface area contributed by atoms with Gasteiger partial charge in [0.25, 0.3) is 0 Å². The van der Waals surface area contributed by atoms with E-state index in [1.54, 1.807) is 6.07 Å². The molecule has 0 spiro atoms. The van der Waals surface area contributed by atoms with Crippen LogP contribution in [0.5, 0.6) is 0 Å². The van der Waals surface area contributed by atoms with Crippen molar-refractivity contribution < 1.29 is 9.18 Å². The molecular formula is C12H16FN3O. The summed E-state index contributed by atoms with van der Waals surface area (Å²) in [6.45, 7) is 0. The summed E-state index contributed by atoms with van der Waals surface area (Å²) in [5.41, 5.74) is 5.70. The fourth-order valence-electron chi connectivity index (χ4n) is 2.24. The molecule has 1 fully saturated rings. The Morgan fingerprint density at radius 1 is 1.47 bits per heavy atom. The lowest BCUT2D eigenvalue weighted by molar-refractivity contribution is -0.117. The summed E-state index contributed by atoms with van der Waals surface area (Å²) < 4.78 is 12.8. The smallest absolute Gasteiger partial charge is 0.227 e. The molecule has 4 nitrogen and oxygen atoms in total. The first-order valence-corrected chi connectivity index (χ1v) is 5.79. The van der Waals surface area contributed by atoms with Crippen LogP contribution in [0, 0.1) is 5.95 Å². The van der Waals surface area contributed by atoms with Gasteiger partial charge in [-0.2, -0.15) is 4.39 Å². The standard InChI is InChI=1S/C12H16FN3O/c13-9-4-3-5-10(15-9)16-11(17)8-12(14)6-1-2-7-12/h3-5H,1-2,6-8,14H2,(H,15,16,17). The number of halogens is 1. The Hall–Kier alpha value is -1.49. The monoisotopic (exact) mass is 237 g/mol. The van der Waals surface area contributed by atoms with Crippen LogP contribution in [0.25, 0.3) is 0 Å². The van der Waals surface area contributed by atoms with E-state index in [1.807, 2.05) is 0 Å². The summed E-state index contributed by atoms with van der Waals surface area (Å²) in [4.78, 5) is 15.3. The molecule has 0 radical (unpaired) electrons. The second-order valence-corrected chi connectivity index (χ2v) is 4.64. The third-order valence-electron chi connectivity index (χ3n) is 3.09. The average Bonchev–Trinajstić information content (AvgIpc) is 2.64. The van der Waals surface area contributed by atoms with E-state index in [4.69, 9.17) is 5.73 Å². The lowest BCUT2D eigenvalue weighted by Gasteiger charge is -2.22. The molecule has 3 N–H and O–H groups in total. The van der Waals surface area contributed by atoms with Crippen LogP contribution in [-0.2, 0) is 4.79 Å². The first-order chi connectivity index (χ1) is 8.07. The Bertz CT molecular complexity index is 416. The maximum Gasteiger partial charge on any atom is 0.227 e. The van der Waals surface area contributed by atoms with Crippen molar-refractivity contribution in [1.29, 1.82) is 0 Å². The zero-order valence-electron chi connectivity index (χ0n) is 9.58. The molecule has 0 saturated heterocycles. The zero-order chi connectivity index (χ0) is 12.3. The second-order valence-electron chi connectivity index (χ2n) is 4.64. The average molecular weight is 237 g/mol. The van der Waals surface area contributed by atoms with Crippen LogP contribution in [0.1, 0.15) is 32.1 Å². The summed E-state index contributed by atoms with van der Waals surface area (Å²) in [7, 11) is 0. The molecule has 1 aliphatic rings. The van der Waals surface area contributed by atoms with Gasteiger partial charge in [-0.1, -0.05) is 18.9 Å². The molecule has 17 heavy (non-hydrogen) atoms. The van der Waals surface area contributed by atoms with Gasteiger partial charge in [-0.25, -0.2) is 4.98 Å². The van der Waals surface area contributed by atoms with Gasteiger partial charge in [-0.15, -0.1) is 0 Å². The number of amides is 1. The minimum atomic E-state index is -0.605. The van der Waals surface area contributed by atoms with E-state index in [9.17, 15) is 9.18 Å². The van der Waals surface area contributed by atoms with Gasteiger partial charge >= 0.3 is 0 Å². The molecule has 1 aromatic rings. The van der Waals surface area contributed by atoms with E-state index >= 15 is 0 Å². The number of hydrogen-bond donors (Lipinski definition) is 2. The summed E-state index contributed by atoms with van der Waals surface area (Å²) >= 11 is 0. The van der Waals surface area contributed by atoms with Crippen LogP contribution in [0.2, 0.25) is 0 Å². The highest BCUT2D eigenvalue weighted by Crippen LogP contribution is 2.30. The molecule has 1 saturated carbocycles. The van der Waals surface area contributed by atoms with Gasteiger partial charge in [-0.3, -0.25) is 4.79 Å². The van der Waals surface area contributed by atoms with Gasteiger partial charge in [0.1, 0.15) is 5.82 Å². The van der Waals surface area contributed by atoms with E-state index in [-0.39, 0.29) is 18.1 Å². The molecule has 1 aromatic heterocycles. The number of carbonyl (C=O) groups is 1. The third kappa shape index (κ3) is 3.23. The molecule has 1 amide bonds. The Kier molecular flexibility index (Phi) is 3.38. The second kappa shape index (κ2) is 4.79. The predicted molar refractivity (Wildman–Crippen MR) is 62.8 cm³/mol. The van der Waals surface area contributed by atoms with Crippen LogP contribution in [0.3, 0.4) is 0 Å². The fraction of sp³-hybridized carbons (Fsp3) is 0.500. The highest BCUT2D eigenvalue weighted by atomic mass is 19.1. The SMILES string of the molecule is NC1(CC(=O)Nc2cccc(F)n2)CCCC1. The van der Waals surface area contributed by atoms with Crippen LogP contribution >= 0.6 is 0 Å². The van der Waals surface area contributed by atoms with E-state index in [0.717, 1.165) is 25.7 Å². The molecular weight excluding hydrogens is 221 g/mol. The van der Waals surface area contributed by atoms with Crippen molar-refractivity contribution in [2.45, 2.75) is 37.6 Å². The maximum absolute atomic E-state index is 12.8. The summed E-state index contributed by atoms with van der Waals surface area (Å²) in [6, 6.07) is 4.29. The van der Waals surface area contributed by atoms with Crippen molar-refractivity contribution in [3.05, 3.63) is 24.1 Å². The number of hydrogen-bond acceptors (Lipinski definition) is 3. The van der Waals surface area contributed by atoms with E-state index in [2.05, 4.69) is 10.3 Å². The van der Waals surface area contributed by atoms with Gasteiger partial charge in [0.15, 0.2) is 0 Å². The van der Waals surface area contributed by atoms with Crippen molar-refractivity contribution in [3.63, 3.8) is 0 Å². The van der Waals surface area contributed by atoms with Crippen molar-refractivity contribution in [1.82, 2.24) is 4.98 Å². The van der Waals surface area contributed by atoms with Crippen LogP contribution in [0.15, 0.2) is 18.2 Å². The summed E-state index contributed by atoms with van der Waals surface area (Å²) in [5, 5.41) is 2.56. The number of nitrogens with zero attached hydrogens (tertiary/aromatic N) is 1. The highest BCUT2D eigenvalue weighted by molar-refractivity contribution is 5.90. The van der Waals surface area contributed by atoms with E-state index in [1.165, 1.54) is 12.1 Å². The summed E-state index contributed by atoms with van der Waals surface area (Å²) in [5.74, 6) is -0.574. The molecule has 0 aliphatic heterocycles. The topological polar surface area (TPSA) is 68.0 Å². The maximum atomic E-state index is 12.8.